The highest BCUT2D eigenvalue weighted by molar-refractivity contribution is 6.63. The van der Waals surface area contributed by atoms with Gasteiger partial charge in [-0.2, -0.15) is 0 Å². The Morgan fingerprint density at radius 3 is 2.52 bits per heavy atom. The summed E-state index contributed by atoms with van der Waals surface area (Å²) in [5, 5.41) is -0.519. The Bertz CT molecular complexity index is 747. The molecule has 0 N–H and O–H groups in total. The first-order valence-corrected chi connectivity index (χ1v) is 7.30. The van der Waals surface area contributed by atoms with Crippen LogP contribution in [0.1, 0.15) is 23.6 Å². The van der Waals surface area contributed by atoms with Gasteiger partial charge in [-0.05, 0) is 50.1 Å². The average molecular weight is 304 g/mol. The van der Waals surface area contributed by atoms with E-state index in [2.05, 4.69) is 6.07 Å². The fourth-order valence-corrected chi connectivity index (χ4v) is 2.61. The monoisotopic (exact) mass is 303 g/mol. The van der Waals surface area contributed by atoms with Gasteiger partial charge in [0.15, 0.2) is 0 Å². The second-order valence-electron chi connectivity index (χ2n) is 5.14. The van der Waals surface area contributed by atoms with Crippen LogP contribution in [0.2, 0.25) is 0 Å². The molecule has 1 aromatic carbocycles. The maximum Gasteiger partial charge on any atom is 0.254 e. The molecule has 3 nitrogen and oxygen atoms in total. The molecule has 0 unspecified atom stereocenters. The summed E-state index contributed by atoms with van der Waals surface area (Å²) in [5.74, 6) is 0. The van der Waals surface area contributed by atoms with Crippen LogP contribution in [-0.2, 0) is 17.8 Å². The van der Waals surface area contributed by atoms with Crippen LogP contribution in [-0.4, -0.2) is 9.81 Å². The number of pyridine rings is 1. The van der Waals surface area contributed by atoms with E-state index >= 15 is 0 Å². The van der Waals surface area contributed by atoms with Crippen LogP contribution >= 0.6 is 11.6 Å². The molecule has 0 atom stereocenters. The third-order valence-electron chi connectivity index (χ3n) is 3.57. The third-order valence-corrected chi connectivity index (χ3v) is 3.70. The minimum Gasteiger partial charge on any atom is -0.308 e. The van der Waals surface area contributed by atoms with E-state index in [1.54, 1.807) is 10.6 Å². The summed E-state index contributed by atoms with van der Waals surface area (Å²) in [7, 11) is 0. The first-order valence-electron chi connectivity index (χ1n) is 6.92. The van der Waals surface area contributed by atoms with Crippen molar-refractivity contribution in [2.75, 3.05) is 0 Å². The molecule has 0 bridgehead atoms. The van der Waals surface area contributed by atoms with E-state index in [9.17, 15) is 9.59 Å². The van der Waals surface area contributed by atoms with E-state index < -0.39 is 5.24 Å². The van der Waals surface area contributed by atoms with Crippen molar-refractivity contribution >= 4 is 16.8 Å². The number of carbonyl (C=O) groups is 1. The van der Waals surface area contributed by atoms with Gasteiger partial charge >= 0.3 is 0 Å². The van der Waals surface area contributed by atoms with E-state index in [0.29, 0.717) is 12.1 Å². The first kappa shape index (κ1) is 15.5. The van der Waals surface area contributed by atoms with Crippen LogP contribution in [0.15, 0.2) is 35.1 Å². The molecule has 0 aliphatic carbocycles. The molecule has 0 spiro atoms. The molecule has 0 aliphatic rings. The zero-order chi connectivity index (χ0) is 15.6. The molecule has 1 aromatic heterocycles. The molecular formula is C17H18ClNO2. The van der Waals surface area contributed by atoms with Crippen molar-refractivity contribution in [3.8, 4) is 11.3 Å². The minimum absolute atomic E-state index is 0.0343. The Kier molecular flexibility index (Phi) is 4.63. The molecule has 0 fully saturated rings. The quantitative estimate of drug-likeness (QED) is 0.811. The van der Waals surface area contributed by atoms with Crippen molar-refractivity contribution in [2.24, 2.45) is 0 Å². The number of hydrogen-bond acceptors (Lipinski definition) is 2. The molecule has 0 saturated carbocycles. The lowest BCUT2D eigenvalue weighted by Crippen LogP contribution is -2.25. The van der Waals surface area contributed by atoms with E-state index in [1.165, 1.54) is 0 Å². The Labute approximate surface area is 129 Å². The van der Waals surface area contributed by atoms with Gasteiger partial charge in [0.05, 0.1) is 12.1 Å². The lowest BCUT2D eigenvalue weighted by molar-refractivity contribution is -0.111. The maximum absolute atomic E-state index is 12.5. The molecule has 110 valence electrons. The molecule has 0 amide bonds. The van der Waals surface area contributed by atoms with Gasteiger partial charge in [-0.15, -0.1) is 0 Å². The summed E-state index contributed by atoms with van der Waals surface area (Å²) < 4.78 is 1.69. The van der Waals surface area contributed by atoms with Gasteiger partial charge in [0.25, 0.3) is 5.56 Å². The Morgan fingerprint density at radius 1 is 1.19 bits per heavy atom. The Hall–Kier alpha value is -1.87. The highest BCUT2D eigenvalue weighted by Gasteiger charge is 2.12. The molecule has 0 radical (unpaired) electrons. The fraction of sp³-hybridized carbons (Fsp3) is 0.294. The van der Waals surface area contributed by atoms with Crippen LogP contribution in [0, 0.1) is 13.8 Å². The zero-order valence-corrected chi connectivity index (χ0v) is 13.2. The molecule has 2 aromatic rings. The SMILES string of the molecule is CCn1c(-c2cc(C)ccc2C)ccc(CC(=O)Cl)c1=O. The third kappa shape index (κ3) is 3.24. The summed E-state index contributed by atoms with van der Waals surface area (Å²) in [4.78, 5) is 23.5. The second-order valence-corrected chi connectivity index (χ2v) is 5.57. The van der Waals surface area contributed by atoms with Crippen LogP contribution in [0.5, 0.6) is 0 Å². The standard InChI is InChI=1S/C17H18ClNO2/c1-4-19-15(14-9-11(2)5-6-12(14)3)8-7-13(17(19)21)10-16(18)20/h5-9H,4,10H2,1-3H3. The van der Waals surface area contributed by atoms with Gasteiger partial charge in [-0.1, -0.05) is 23.8 Å². The molecule has 1 heterocycles. The molecule has 0 saturated heterocycles. The Balaban J connectivity index is 2.65. The Morgan fingerprint density at radius 2 is 1.90 bits per heavy atom. The maximum atomic E-state index is 12.5. The van der Waals surface area contributed by atoms with Gasteiger partial charge < -0.3 is 4.57 Å². The summed E-state index contributed by atoms with van der Waals surface area (Å²) in [6.07, 6.45) is -0.0343. The second kappa shape index (κ2) is 6.27. The largest absolute Gasteiger partial charge is 0.308 e. The predicted octanol–water partition coefficient (Wildman–Crippen LogP) is 3.46. The highest BCUT2D eigenvalue weighted by atomic mass is 35.5. The van der Waals surface area contributed by atoms with Gasteiger partial charge in [0, 0.05) is 17.7 Å². The molecule has 0 aliphatic heterocycles. The highest BCUT2D eigenvalue weighted by Crippen LogP contribution is 2.24. The van der Waals surface area contributed by atoms with Gasteiger partial charge in [-0.25, -0.2) is 0 Å². The summed E-state index contributed by atoms with van der Waals surface area (Å²) >= 11 is 5.40. The van der Waals surface area contributed by atoms with E-state index in [0.717, 1.165) is 22.4 Å². The fourth-order valence-electron chi connectivity index (χ4n) is 2.47. The van der Waals surface area contributed by atoms with Crippen molar-refractivity contribution in [1.82, 2.24) is 4.57 Å². The number of hydrogen-bond donors (Lipinski definition) is 0. The summed E-state index contributed by atoms with van der Waals surface area (Å²) in [6, 6.07) is 9.76. The number of halogens is 1. The molecule has 4 heteroatoms. The van der Waals surface area contributed by atoms with Crippen LogP contribution < -0.4 is 5.56 Å². The number of benzene rings is 1. The lowest BCUT2D eigenvalue weighted by Gasteiger charge is -2.15. The number of nitrogens with zero attached hydrogens (tertiary/aromatic N) is 1. The number of carbonyl (C=O) groups excluding carboxylic acids is 1. The van der Waals surface area contributed by atoms with Crippen molar-refractivity contribution in [2.45, 2.75) is 33.7 Å². The van der Waals surface area contributed by atoms with E-state index in [-0.39, 0.29) is 12.0 Å². The number of aryl methyl sites for hydroxylation is 2. The number of rotatable bonds is 4. The number of aromatic nitrogens is 1. The van der Waals surface area contributed by atoms with Crippen LogP contribution in [0.4, 0.5) is 0 Å². The summed E-state index contributed by atoms with van der Waals surface area (Å²) in [5.41, 5.74) is 4.46. The van der Waals surface area contributed by atoms with Gasteiger partial charge in [0.2, 0.25) is 5.24 Å². The minimum atomic E-state index is -0.519. The average Bonchev–Trinajstić information content (AvgIpc) is 2.43. The van der Waals surface area contributed by atoms with Gasteiger partial charge in [-0.3, -0.25) is 9.59 Å². The summed E-state index contributed by atoms with van der Waals surface area (Å²) in [6.45, 7) is 6.52. The predicted molar refractivity (Wildman–Crippen MR) is 85.9 cm³/mol. The normalized spacial score (nSPS) is 10.7. The first-order chi connectivity index (χ1) is 9.93. The van der Waals surface area contributed by atoms with E-state index in [1.807, 2.05) is 39.0 Å². The molecule has 2 rings (SSSR count). The lowest BCUT2D eigenvalue weighted by atomic mass is 10.0. The molecule has 21 heavy (non-hydrogen) atoms. The topological polar surface area (TPSA) is 39.1 Å². The van der Waals surface area contributed by atoms with Crippen molar-refractivity contribution < 1.29 is 4.79 Å². The molecular weight excluding hydrogens is 286 g/mol. The van der Waals surface area contributed by atoms with Crippen molar-refractivity contribution in [1.29, 1.82) is 0 Å². The smallest absolute Gasteiger partial charge is 0.254 e. The van der Waals surface area contributed by atoms with Gasteiger partial charge in [0.1, 0.15) is 0 Å². The van der Waals surface area contributed by atoms with E-state index in [4.69, 9.17) is 11.6 Å². The van der Waals surface area contributed by atoms with Crippen LogP contribution in [0.25, 0.3) is 11.3 Å². The van der Waals surface area contributed by atoms with Crippen LogP contribution in [0.3, 0.4) is 0 Å². The van der Waals surface area contributed by atoms with Crippen molar-refractivity contribution in [3.63, 3.8) is 0 Å². The van der Waals surface area contributed by atoms with Crippen molar-refractivity contribution in [3.05, 3.63) is 57.4 Å². The zero-order valence-electron chi connectivity index (χ0n) is 12.4.